The molecule has 0 amide bonds. The molecule has 5 rings (SSSR count). The molecule has 0 fully saturated rings. The molecule has 0 aromatic heterocycles. The Morgan fingerprint density at radius 1 is 0.889 bits per heavy atom. The van der Waals surface area contributed by atoms with E-state index < -0.39 is 19.4 Å². The van der Waals surface area contributed by atoms with E-state index >= 15 is 0 Å². The van der Waals surface area contributed by atoms with Gasteiger partial charge in [-0.3, -0.25) is 0 Å². The van der Waals surface area contributed by atoms with Gasteiger partial charge in [0.25, 0.3) is 0 Å². The molecule has 0 aliphatic heterocycles. The molecule has 0 bridgehead atoms. The Morgan fingerprint density at radius 3 is 2.56 bits per heavy atom. The molecule has 3 heteroatoms. The van der Waals surface area contributed by atoms with Gasteiger partial charge in [0, 0.05) is 0 Å². The molecule has 0 N–H and O–H groups in total. The average Bonchev–Trinajstić information content (AvgIpc) is 3.27. The van der Waals surface area contributed by atoms with Crippen LogP contribution in [0.5, 0.6) is 0 Å². The summed E-state index contributed by atoms with van der Waals surface area (Å²) in [5.74, 6) is 0.416. The number of rotatable bonds is 4. The first-order valence-corrected chi connectivity index (χ1v) is 17.1. The normalized spacial score (nSPS) is 17.3. The number of halogens is 2. The molecular weight excluding hydrogens is 450 g/mol. The fraction of sp³-hybridized carbons (Fsp3) is 0.167. The summed E-state index contributed by atoms with van der Waals surface area (Å²) in [6.07, 6.45) is 6.59. The molecule has 0 heterocycles. The van der Waals surface area contributed by atoms with Crippen LogP contribution in [0.4, 0.5) is 0 Å². The van der Waals surface area contributed by atoms with Gasteiger partial charge in [0.1, 0.15) is 0 Å². The molecule has 2 atom stereocenters. The topological polar surface area (TPSA) is 0 Å². The Bertz CT molecular complexity index is 1040. The minimum atomic E-state index is -2.52. The minimum absolute atomic E-state index is 0.306. The average molecular weight is 470 g/mol. The molecule has 0 saturated heterocycles. The van der Waals surface area contributed by atoms with Crippen LogP contribution in [0.15, 0.2) is 72.8 Å². The molecule has 3 aromatic carbocycles. The molecule has 133 valence electrons. The van der Waals surface area contributed by atoms with E-state index in [-0.39, 0.29) is 0 Å². The maximum absolute atomic E-state index is 6.73. The predicted octanol–water partition coefficient (Wildman–Crippen LogP) is 7.43. The second kappa shape index (κ2) is 7.36. The van der Waals surface area contributed by atoms with Crippen molar-refractivity contribution in [2.75, 3.05) is 0 Å². The second-order valence-electron chi connectivity index (χ2n) is 7.38. The van der Waals surface area contributed by atoms with Gasteiger partial charge in [-0.1, -0.05) is 0 Å². The summed E-state index contributed by atoms with van der Waals surface area (Å²) >= 11 is -2.52. The first-order valence-electron chi connectivity index (χ1n) is 9.37. The number of benzene rings is 3. The van der Waals surface area contributed by atoms with Crippen molar-refractivity contribution in [2.24, 2.45) is 0 Å². The third-order valence-electron chi connectivity index (χ3n) is 5.92. The summed E-state index contributed by atoms with van der Waals surface area (Å²) in [6, 6.07) is 24.1. The Balaban J connectivity index is 1.52. The third kappa shape index (κ3) is 3.19. The van der Waals surface area contributed by atoms with Gasteiger partial charge in [0.2, 0.25) is 0 Å². The fourth-order valence-corrected chi connectivity index (χ4v) is 9.38. The van der Waals surface area contributed by atoms with Gasteiger partial charge in [0.15, 0.2) is 0 Å². The zero-order chi connectivity index (χ0) is 18.4. The van der Waals surface area contributed by atoms with E-state index in [1.165, 1.54) is 38.9 Å². The van der Waals surface area contributed by atoms with E-state index in [9.17, 15) is 0 Å². The standard InChI is InChI=1S/C24H19.2ClH.Zr/c1-3-9-21-17(6-1)12-14-19(21)15-13-18-8-5-11-23-22-10-4-2-7-20(22)16-24(18)23;;;/h1-14,19H,15-16H2;2*1H;/q;;;+2/p-2. The van der Waals surface area contributed by atoms with Crippen molar-refractivity contribution in [3.05, 3.63) is 101 Å². The summed E-state index contributed by atoms with van der Waals surface area (Å²) in [5, 5.41) is 0. The van der Waals surface area contributed by atoms with Crippen LogP contribution in [0.2, 0.25) is 0 Å². The van der Waals surface area contributed by atoms with E-state index in [4.69, 9.17) is 17.0 Å². The van der Waals surface area contributed by atoms with Crippen LogP contribution >= 0.6 is 17.0 Å². The summed E-state index contributed by atoms with van der Waals surface area (Å²) in [4.78, 5) is 0. The Hall–Kier alpha value is -1.14. The second-order valence-corrected chi connectivity index (χ2v) is 16.5. The van der Waals surface area contributed by atoms with Crippen LogP contribution in [0.3, 0.4) is 0 Å². The molecule has 2 unspecified atom stereocenters. The maximum atomic E-state index is 6.73. The molecular formula is C24H19Cl2Zr. The molecule has 0 saturated carbocycles. The van der Waals surface area contributed by atoms with Crippen LogP contribution in [-0.4, -0.2) is 0 Å². The fourth-order valence-electron chi connectivity index (χ4n) is 4.63. The van der Waals surface area contributed by atoms with E-state index in [2.05, 4.69) is 78.9 Å². The summed E-state index contributed by atoms with van der Waals surface area (Å²) in [6.45, 7) is 0. The Kier molecular flexibility index (Phi) is 4.89. The third-order valence-corrected chi connectivity index (χ3v) is 11.7. The van der Waals surface area contributed by atoms with Gasteiger partial charge in [-0.25, -0.2) is 0 Å². The van der Waals surface area contributed by atoms with E-state index in [0.717, 1.165) is 12.8 Å². The number of hydrogen-bond acceptors (Lipinski definition) is 0. The molecule has 0 spiro atoms. The molecule has 27 heavy (non-hydrogen) atoms. The SMILES string of the molecule is [Cl][Zr]([Cl])[CH](CC1C=Cc2ccccc21)c1cccc2c1Cc1ccccc1-2. The van der Waals surface area contributed by atoms with E-state index in [0.29, 0.717) is 9.54 Å². The van der Waals surface area contributed by atoms with Crippen molar-refractivity contribution in [3.8, 4) is 11.1 Å². The van der Waals surface area contributed by atoms with Crippen molar-refractivity contribution in [3.63, 3.8) is 0 Å². The predicted molar refractivity (Wildman–Crippen MR) is 112 cm³/mol. The van der Waals surface area contributed by atoms with Gasteiger partial charge in [-0.05, 0) is 0 Å². The van der Waals surface area contributed by atoms with E-state index in [1.807, 2.05) is 0 Å². The monoisotopic (exact) mass is 467 g/mol. The van der Waals surface area contributed by atoms with Gasteiger partial charge in [0.05, 0.1) is 0 Å². The van der Waals surface area contributed by atoms with Gasteiger partial charge in [-0.2, -0.15) is 0 Å². The van der Waals surface area contributed by atoms with Crippen molar-refractivity contribution < 1.29 is 19.4 Å². The van der Waals surface area contributed by atoms with Crippen LogP contribution in [0.1, 0.15) is 43.8 Å². The first kappa shape index (κ1) is 17.9. The number of allylic oxidation sites excluding steroid dienone is 1. The van der Waals surface area contributed by atoms with Crippen molar-refractivity contribution in [1.29, 1.82) is 0 Å². The van der Waals surface area contributed by atoms with Crippen molar-refractivity contribution >= 4 is 23.1 Å². The van der Waals surface area contributed by atoms with Gasteiger partial charge >= 0.3 is 177 Å². The van der Waals surface area contributed by atoms with Crippen LogP contribution in [-0.2, 0) is 25.8 Å². The molecule has 0 nitrogen and oxygen atoms in total. The summed E-state index contributed by atoms with van der Waals surface area (Å²) in [5.41, 5.74) is 9.73. The van der Waals surface area contributed by atoms with Gasteiger partial charge < -0.3 is 0 Å². The van der Waals surface area contributed by atoms with Gasteiger partial charge in [-0.15, -0.1) is 0 Å². The molecule has 3 aromatic rings. The van der Waals surface area contributed by atoms with Crippen molar-refractivity contribution in [2.45, 2.75) is 22.4 Å². The van der Waals surface area contributed by atoms with Crippen LogP contribution in [0.25, 0.3) is 17.2 Å². The first-order chi connectivity index (χ1) is 13.2. The Labute approximate surface area is 175 Å². The molecule has 2 aliphatic rings. The van der Waals surface area contributed by atoms with Crippen LogP contribution < -0.4 is 0 Å². The summed E-state index contributed by atoms with van der Waals surface area (Å²) < 4.78 is 0.306. The summed E-state index contributed by atoms with van der Waals surface area (Å²) in [7, 11) is 13.5. The van der Waals surface area contributed by atoms with Crippen molar-refractivity contribution in [1.82, 2.24) is 0 Å². The van der Waals surface area contributed by atoms with E-state index in [1.54, 1.807) is 0 Å². The number of hydrogen-bond donors (Lipinski definition) is 0. The zero-order valence-corrected chi connectivity index (χ0v) is 18.8. The molecule has 2 aliphatic carbocycles. The Morgan fingerprint density at radius 2 is 1.67 bits per heavy atom. The zero-order valence-electron chi connectivity index (χ0n) is 14.8. The quantitative estimate of drug-likeness (QED) is 0.292. The number of fused-ring (bicyclic) bond motifs is 4. The molecule has 0 radical (unpaired) electrons. The van der Waals surface area contributed by atoms with Crippen LogP contribution in [0, 0.1) is 0 Å².